The van der Waals surface area contributed by atoms with Crippen molar-refractivity contribution in [1.82, 2.24) is 0 Å². The average molecular weight is 414 g/mol. The van der Waals surface area contributed by atoms with Gasteiger partial charge in [0, 0.05) is 15.0 Å². The van der Waals surface area contributed by atoms with Crippen LogP contribution >= 0.6 is 31.9 Å². The second-order valence-corrected chi connectivity index (χ2v) is 6.13. The van der Waals surface area contributed by atoms with Crippen LogP contribution in [0.25, 0.3) is 0 Å². The molecular weight excluding hydrogens is 404 g/mol. The van der Waals surface area contributed by atoms with Gasteiger partial charge in [-0.05, 0) is 52.7 Å². The molecule has 21 heavy (non-hydrogen) atoms. The van der Waals surface area contributed by atoms with E-state index in [9.17, 15) is 14.9 Å². The van der Waals surface area contributed by atoms with Crippen molar-refractivity contribution in [1.29, 1.82) is 0 Å². The number of benzene rings is 2. The Hall–Kier alpha value is -1.73. The molecule has 0 bridgehead atoms. The SMILES string of the molecule is Cc1ccc(NC(=O)c2cc(Br)ccc2Br)c([N+](=O)[O-])c1. The van der Waals surface area contributed by atoms with Crippen molar-refractivity contribution in [2.24, 2.45) is 0 Å². The summed E-state index contributed by atoms with van der Waals surface area (Å²) in [5, 5.41) is 13.6. The van der Waals surface area contributed by atoms with Crippen molar-refractivity contribution in [3.8, 4) is 0 Å². The van der Waals surface area contributed by atoms with Gasteiger partial charge in [-0.1, -0.05) is 22.0 Å². The van der Waals surface area contributed by atoms with Crippen molar-refractivity contribution < 1.29 is 9.72 Å². The summed E-state index contributed by atoms with van der Waals surface area (Å²) in [6.45, 7) is 1.75. The van der Waals surface area contributed by atoms with Crippen LogP contribution in [-0.4, -0.2) is 10.8 Å². The Morgan fingerprint density at radius 1 is 1.19 bits per heavy atom. The number of nitrogens with zero attached hydrogens (tertiary/aromatic N) is 1. The van der Waals surface area contributed by atoms with Crippen LogP contribution in [0.5, 0.6) is 0 Å². The molecule has 0 atom stereocenters. The minimum absolute atomic E-state index is 0.130. The lowest BCUT2D eigenvalue weighted by Crippen LogP contribution is -2.14. The second-order valence-electron chi connectivity index (χ2n) is 4.36. The number of carbonyl (C=O) groups is 1. The molecule has 0 heterocycles. The Bertz CT molecular complexity index is 732. The number of hydrogen-bond acceptors (Lipinski definition) is 3. The number of aryl methyl sites for hydroxylation is 1. The fourth-order valence-corrected chi connectivity index (χ4v) is 2.55. The molecule has 0 unspecified atom stereocenters. The Morgan fingerprint density at radius 2 is 1.90 bits per heavy atom. The fourth-order valence-electron chi connectivity index (χ4n) is 1.76. The van der Waals surface area contributed by atoms with E-state index < -0.39 is 10.8 Å². The molecule has 5 nitrogen and oxygen atoms in total. The molecule has 0 aliphatic carbocycles. The number of halogens is 2. The predicted octanol–water partition coefficient (Wildman–Crippen LogP) is 4.68. The molecule has 2 aromatic carbocycles. The van der Waals surface area contributed by atoms with Crippen LogP contribution in [0, 0.1) is 17.0 Å². The third-order valence-corrected chi connectivity index (χ3v) is 3.96. The first-order valence-corrected chi connectivity index (χ1v) is 7.48. The van der Waals surface area contributed by atoms with E-state index in [-0.39, 0.29) is 11.4 Å². The van der Waals surface area contributed by atoms with Crippen molar-refractivity contribution in [3.63, 3.8) is 0 Å². The smallest absolute Gasteiger partial charge is 0.293 e. The zero-order chi connectivity index (χ0) is 15.6. The van der Waals surface area contributed by atoms with Gasteiger partial charge in [-0.2, -0.15) is 0 Å². The molecule has 0 spiro atoms. The highest BCUT2D eigenvalue weighted by atomic mass is 79.9. The van der Waals surface area contributed by atoms with Gasteiger partial charge >= 0.3 is 0 Å². The van der Waals surface area contributed by atoms with Gasteiger partial charge in [0.1, 0.15) is 5.69 Å². The van der Waals surface area contributed by atoms with Gasteiger partial charge in [0.05, 0.1) is 10.5 Å². The summed E-state index contributed by atoms with van der Waals surface area (Å²) >= 11 is 6.58. The normalized spacial score (nSPS) is 10.2. The Kier molecular flexibility index (Phi) is 4.74. The number of anilines is 1. The summed E-state index contributed by atoms with van der Waals surface area (Å²) in [6, 6.07) is 9.80. The summed E-state index contributed by atoms with van der Waals surface area (Å²) in [5.74, 6) is -0.421. The maximum atomic E-state index is 12.3. The third-order valence-electron chi connectivity index (χ3n) is 2.77. The first-order chi connectivity index (χ1) is 9.88. The molecule has 1 amide bonds. The number of nitro groups is 1. The van der Waals surface area contributed by atoms with Crippen LogP contribution in [0.4, 0.5) is 11.4 Å². The number of amides is 1. The van der Waals surface area contributed by atoms with Crippen LogP contribution in [0.3, 0.4) is 0 Å². The monoisotopic (exact) mass is 412 g/mol. The molecule has 1 N–H and O–H groups in total. The number of carbonyl (C=O) groups excluding carboxylic acids is 1. The van der Waals surface area contributed by atoms with E-state index in [4.69, 9.17) is 0 Å². The van der Waals surface area contributed by atoms with Crippen molar-refractivity contribution in [2.75, 3.05) is 5.32 Å². The molecule has 108 valence electrons. The molecule has 2 rings (SSSR count). The number of nitro benzene ring substituents is 1. The van der Waals surface area contributed by atoms with Gasteiger partial charge in [0.2, 0.25) is 0 Å². The lowest BCUT2D eigenvalue weighted by atomic mass is 10.1. The summed E-state index contributed by atoms with van der Waals surface area (Å²) in [7, 11) is 0. The summed E-state index contributed by atoms with van der Waals surface area (Å²) < 4.78 is 1.35. The van der Waals surface area contributed by atoms with Gasteiger partial charge < -0.3 is 5.32 Å². The van der Waals surface area contributed by atoms with Crippen molar-refractivity contribution in [3.05, 3.63) is 66.6 Å². The lowest BCUT2D eigenvalue weighted by Gasteiger charge is -2.08. The van der Waals surface area contributed by atoms with Gasteiger partial charge in [-0.25, -0.2) is 0 Å². The van der Waals surface area contributed by atoms with Gasteiger partial charge in [0.15, 0.2) is 0 Å². The van der Waals surface area contributed by atoms with E-state index in [0.29, 0.717) is 10.0 Å². The van der Waals surface area contributed by atoms with E-state index in [0.717, 1.165) is 10.0 Å². The number of rotatable bonds is 3. The molecule has 0 fully saturated rings. The summed E-state index contributed by atoms with van der Waals surface area (Å²) in [4.78, 5) is 22.8. The second kappa shape index (κ2) is 6.36. The van der Waals surface area contributed by atoms with E-state index in [1.54, 1.807) is 31.2 Å². The number of hydrogen-bond donors (Lipinski definition) is 1. The summed E-state index contributed by atoms with van der Waals surface area (Å²) in [5.41, 5.74) is 1.18. The van der Waals surface area contributed by atoms with Crippen LogP contribution in [0.15, 0.2) is 45.3 Å². The predicted molar refractivity (Wildman–Crippen MR) is 87.6 cm³/mol. The number of nitrogens with one attached hydrogen (secondary N) is 1. The molecular formula is C14H10Br2N2O3. The Balaban J connectivity index is 2.36. The fraction of sp³-hybridized carbons (Fsp3) is 0.0714. The zero-order valence-electron chi connectivity index (χ0n) is 10.9. The van der Waals surface area contributed by atoms with Crippen molar-refractivity contribution >= 4 is 49.1 Å². The largest absolute Gasteiger partial charge is 0.316 e. The molecule has 0 radical (unpaired) electrons. The highest BCUT2D eigenvalue weighted by Crippen LogP contribution is 2.27. The molecule has 0 saturated heterocycles. The van der Waals surface area contributed by atoms with E-state index in [2.05, 4.69) is 37.2 Å². The van der Waals surface area contributed by atoms with Crippen molar-refractivity contribution in [2.45, 2.75) is 6.92 Å². The maximum Gasteiger partial charge on any atom is 0.293 e. The van der Waals surface area contributed by atoms with Crippen LogP contribution in [0.2, 0.25) is 0 Å². The molecule has 0 aliphatic rings. The topological polar surface area (TPSA) is 72.2 Å². The molecule has 2 aromatic rings. The molecule has 0 saturated carbocycles. The molecule has 0 aliphatic heterocycles. The first kappa shape index (κ1) is 15.7. The van der Waals surface area contributed by atoms with E-state index >= 15 is 0 Å². The minimum atomic E-state index is -0.515. The summed E-state index contributed by atoms with van der Waals surface area (Å²) in [6.07, 6.45) is 0. The Morgan fingerprint density at radius 3 is 2.57 bits per heavy atom. The molecule has 7 heteroatoms. The highest BCUT2D eigenvalue weighted by Gasteiger charge is 2.18. The highest BCUT2D eigenvalue weighted by molar-refractivity contribution is 9.11. The van der Waals surface area contributed by atoms with Gasteiger partial charge in [0.25, 0.3) is 11.6 Å². The quantitative estimate of drug-likeness (QED) is 0.586. The third kappa shape index (κ3) is 3.68. The van der Waals surface area contributed by atoms with Crippen LogP contribution in [0.1, 0.15) is 15.9 Å². The minimum Gasteiger partial charge on any atom is -0.316 e. The van der Waals surface area contributed by atoms with Crippen LogP contribution < -0.4 is 5.32 Å². The standard InChI is InChI=1S/C14H10Br2N2O3/c1-8-2-5-12(13(6-8)18(20)21)17-14(19)10-7-9(15)3-4-11(10)16/h2-7H,1H3,(H,17,19). The zero-order valence-corrected chi connectivity index (χ0v) is 14.1. The van der Waals surface area contributed by atoms with Crippen LogP contribution in [-0.2, 0) is 0 Å². The molecule has 0 aromatic heterocycles. The van der Waals surface area contributed by atoms with E-state index in [1.807, 2.05) is 0 Å². The maximum absolute atomic E-state index is 12.3. The van der Waals surface area contributed by atoms with Gasteiger partial charge in [-0.15, -0.1) is 0 Å². The first-order valence-electron chi connectivity index (χ1n) is 5.90. The van der Waals surface area contributed by atoms with Gasteiger partial charge in [-0.3, -0.25) is 14.9 Å². The average Bonchev–Trinajstić information content (AvgIpc) is 2.43. The lowest BCUT2D eigenvalue weighted by molar-refractivity contribution is -0.384. The van der Waals surface area contributed by atoms with E-state index in [1.165, 1.54) is 12.1 Å². The Labute approximate surface area is 137 Å².